The predicted octanol–water partition coefficient (Wildman–Crippen LogP) is 4.02. The highest BCUT2D eigenvalue weighted by Crippen LogP contribution is 2.33. The summed E-state index contributed by atoms with van der Waals surface area (Å²) >= 11 is 0. The number of aromatic nitrogens is 4. The zero-order valence-corrected chi connectivity index (χ0v) is 19.8. The second kappa shape index (κ2) is 9.59. The molecule has 3 aromatic rings. The molecule has 0 spiro atoms. The van der Waals surface area contributed by atoms with Gasteiger partial charge in [0.15, 0.2) is 5.65 Å². The summed E-state index contributed by atoms with van der Waals surface area (Å²) in [6.45, 7) is 7.99. The van der Waals surface area contributed by atoms with Gasteiger partial charge in [-0.15, -0.1) is 0 Å². The van der Waals surface area contributed by atoms with Crippen LogP contribution in [0.15, 0.2) is 30.6 Å². The molecule has 2 aliphatic rings. The number of fused-ring (bicyclic) bond motifs is 1. The van der Waals surface area contributed by atoms with Gasteiger partial charge in [-0.25, -0.2) is 9.50 Å². The molecule has 0 aliphatic carbocycles. The van der Waals surface area contributed by atoms with Crippen LogP contribution in [0.2, 0.25) is 0 Å². The second-order valence-electron chi connectivity index (χ2n) is 9.53. The molecule has 0 saturated carbocycles. The van der Waals surface area contributed by atoms with Gasteiger partial charge < -0.3 is 4.90 Å². The fraction of sp³-hybridized carbons (Fsp3) is 0.538. The molecule has 2 fully saturated rings. The predicted molar refractivity (Wildman–Crippen MR) is 128 cm³/mol. The van der Waals surface area contributed by atoms with Gasteiger partial charge in [0.25, 0.3) is 0 Å². The van der Waals surface area contributed by atoms with Gasteiger partial charge in [0.1, 0.15) is 0 Å². The first kappa shape index (κ1) is 22.0. The summed E-state index contributed by atoms with van der Waals surface area (Å²) in [6, 6.07) is 6.64. The average molecular weight is 447 g/mol. The Kier molecular flexibility index (Phi) is 6.40. The Hall–Kier alpha value is -2.80. The van der Waals surface area contributed by atoms with Crippen LogP contribution in [0.3, 0.4) is 0 Å². The molecule has 7 nitrogen and oxygen atoms in total. The Labute approximate surface area is 195 Å². The van der Waals surface area contributed by atoms with E-state index >= 15 is 0 Å². The van der Waals surface area contributed by atoms with E-state index in [1.807, 2.05) is 21.8 Å². The fourth-order valence-corrected chi connectivity index (χ4v) is 5.48. The van der Waals surface area contributed by atoms with Gasteiger partial charge in [0, 0.05) is 55.9 Å². The van der Waals surface area contributed by atoms with Crippen molar-refractivity contribution in [3.8, 4) is 0 Å². The monoisotopic (exact) mass is 446 g/mol. The summed E-state index contributed by atoms with van der Waals surface area (Å²) in [5.41, 5.74) is 6.56. The van der Waals surface area contributed by atoms with Crippen LogP contribution < -0.4 is 0 Å². The Bertz CT molecular complexity index is 1120. The molecule has 0 aromatic carbocycles. The number of aryl methyl sites for hydroxylation is 2. The van der Waals surface area contributed by atoms with Crippen molar-refractivity contribution in [2.45, 2.75) is 71.4 Å². The molecule has 5 rings (SSSR count). The van der Waals surface area contributed by atoms with Gasteiger partial charge in [-0.3, -0.25) is 14.7 Å². The smallest absolute Gasteiger partial charge is 0.222 e. The number of nitrogens with zero attached hydrogens (tertiary/aromatic N) is 6. The standard InChI is InChI=1S/C26H34N6O/c1-19-22(8-9-26(33)30-14-4-3-5-15-30)20(2)32-25(28-19)17-23(29-32)24-7-6-16-31(24)18-21-10-12-27-13-11-21/h10-13,17,24H,3-9,14-16,18H2,1-2H3/t24-/m0/s1. The number of pyridine rings is 1. The number of carbonyl (C=O) groups is 1. The zero-order chi connectivity index (χ0) is 22.8. The minimum absolute atomic E-state index is 0.271. The summed E-state index contributed by atoms with van der Waals surface area (Å²) in [5, 5.41) is 5.01. The Morgan fingerprint density at radius 2 is 1.85 bits per heavy atom. The SMILES string of the molecule is Cc1nc2cc([C@@H]3CCCN3Cc3ccncc3)nn2c(C)c1CCC(=O)N1CCCCC1. The third-order valence-electron chi connectivity index (χ3n) is 7.32. The molecule has 5 heterocycles. The van der Waals surface area contributed by atoms with Crippen LogP contribution in [0.25, 0.3) is 5.65 Å². The van der Waals surface area contributed by atoms with E-state index in [1.54, 1.807) is 0 Å². The summed E-state index contributed by atoms with van der Waals surface area (Å²) in [5.74, 6) is 0.271. The highest BCUT2D eigenvalue weighted by Gasteiger charge is 2.29. The summed E-state index contributed by atoms with van der Waals surface area (Å²) in [6.07, 6.45) is 10.8. The lowest BCUT2D eigenvalue weighted by atomic mass is 10.0. The van der Waals surface area contributed by atoms with Crippen LogP contribution in [0.1, 0.15) is 72.8 Å². The number of piperidine rings is 1. The molecule has 174 valence electrons. The van der Waals surface area contributed by atoms with E-state index in [2.05, 4.69) is 41.9 Å². The van der Waals surface area contributed by atoms with Gasteiger partial charge in [0.2, 0.25) is 5.91 Å². The number of carbonyl (C=O) groups excluding carboxylic acids is 1. The second-order valence-corrected chi connectivity index (χ2v) is 9.53. The van der Waals surface area contributed by atoms with Gasteiger partial charge in [-0.1, -0.05) is 0 Å². The largest absolute Gasteiger partial charge is 0.343 e. The van der Waals surface area contributed by atoms with Crippen molar-refractivity contribution < 1.29 is 4.79 Å². The van der Waals surface area contributed by atoms with Crippen molar-refractivity contribution in [2.24, 2.45) is 0 Å². The van der Waals surface area contributed by atoms with Crippen LogP contribution >= 0.6 is 0 Å². The maximum absolute atomic E-state index is 12.7. The van der Waals surface area contributed by atoms with Crippen LogP contribution in [0.5, 0.6) is 0 Å². The van der Waals surface area contributed by atoms with Crippen LogP contribution in [0, 0.1) is 13.8 Å². The van der Waals surface area contributed by atoms with E-state index in [0.29, 0.717) is 12.5 Å². The first-order valence-electron chi connectivity index (χ1n) is 12.4. The number of amides is 1. The van der Waals surface area contributed by atoms with E-state index in [9.17, 15) is 4.79 Å². The van der Waals surface area contributed by atoms with E-state index in [0.717, 1.165) is 80.2 Å². The number of likely N-dealkylation sites (tertiary alicyclic amines) is 2. The van der Waals surface area contributed by atoms with Crippen LogP contribution in [-0.2, 0) is 17.8 Å². The van der Waals surface area contributed by atoms with Gasteiger partial charge in [0.05, 0.1) is 11.7 Å². The van der Waals surface area contributed by atoms with Crippen molar-refractivity contribution in [1.29, 1.82) is 0 Å². The number of hydrogen-bond acceptors (Lipinski definition) is 5. The van der Waals surface area contributed by atoms with Crippen molar-refractivity contribution >= 4 is 11.6 Å². The summed E-state index contributed by atoms with van der Waals surface area (Å²) in [4.78, 5) is 26.3. The first-order chi connectivity index (χ1) is 16.1. The maximum Gasteiger partial charge on any atom is 0.222 e. The quantitative estimate of drug-likeness (QED) is 0.572. The molecule has 3 aromatic heterocycles. The molecule has 2 aliphatic heterocycles. The van der Waals surface area contributed by atoms with Crippen molar-refractivity contribution in [3.05, 3.63) is 58.8 Å². The minimum atomic E-state index is 0.271. The zero-order valence-electron chi connectivity index (χ0n) is 19.8. The highest BCUT2D eigenvalue weighted by atomic mass is 16.2. The Balaban J connectivity index is 1.34. The third kappa shape index (κ3) is 4.64. The molecule has 1 amide bonds. The van der Waals surface area contributed by atoms with Crippen molar-refractivity contribution in [1.82, 2.24) is 29.4 Å². The summed E-state index contributed by atoms with van der Waals surface area (Å²) in [7, 11) is 0. The highest BCUT2D eigenvalue weighted by molar-refractivity contribution is 5.76. The van der Waals surface area contributed by atoms with Crippen molar-refractivity contribution in [2.75, 3.05) is 19.6 Å². The molecule has 7 heteroatoms. The van der Waals surface area contributed by atoms with Gasteiger partial charge >= 0.3 is 0 Å². The third-order valence-corrected chi connectivity index (χ3v) is 7.32. The lowest BCUT2D eigenvalue weighted by molar-refractivity contribution is -0.132. The molecule has 1 atom stereocenters. The molecule has 33 heavy (non-hydrogen) atoms. The van der Waals surface area contributed by atoms with Crippen LogP contribution in [0.4, 0.5) is 0 Å². The summed E-state index contributed by atoms with van der Waals surface area (Å²) < 4.78 is 1.99. The lowest BCUT2D eigenvalue weighted by Gasteiger charge is -2.26. The normalized spacial score (nSPS) is 19.5. The number of hydrogen-bond donors (Lipinski definition) is 0. The molecule has 0 radical (unpaired) electrons. The molecule has 0 bridgehead atoms. The van der Waals surface area contributed by atoms with Crippen LogP contribution in [-0.4, -0.2) is 54.9 Å². The fourth-order valence-electron chi connectivity index (χ4n) is 5.48. The topological polar surface area (TPSA) is 66.6 Å². The van der Waals surface area contributed by atoms with Gasteiger partial charge in [-0.2, -0.15) is 5.10 Å². The van der Waals surface area contributed by atoms with E-state index in [4.69, 9.17) is 10.1 Å². The van der Waals surface area contributed by atoms with Gasteiger partial charge in [-0.05, 0) is 82.2 Å². The van der Waals surface area contributed by atoms with E-state index in [1.165, 1.54) is 18.4 Å². The Morgan fingerprint density at radius 1 is 1.06 bits per heavy atom. The maximum atomic E-state index is 12.7. The minimum Gasteiger partial charge on any atom is -0.343 e. The lowest BCUT2D eigenvalue weighted by Crippen LogP contribution is -2.35. The van der Waals surface area contributed by atoms with Crippen molar-refractivity contribution in [3.63, 3.8) is 0 Å². The molecule has 2 saturated heterocycles. The average Bonchev–Trinajstić information content (AvgIpc) is 3.47. The molecule has 0 N–H and O–H groups in total. The molecular formula is C26H34N6O. The van der Waals surface area contributed by atoms with E-state index < -0.39 is 0 Å². The Morgan fingerprint density at radius 3 is 2.64 bits per heavy atom. The molecule has 0 unspecified atom stereocenters. The number of rotatable bonds is 6. The van der Waals surface area contributed by atoms with E-state index in [-0.39, 0.29) is 5.91 Å². The molecular weight excluding hydrogens is 412 g/mol. The first-order valence-corrected chi connectivity index (χ1v) is 12.4.